The molecule has 0 aliphatic heterocycles. The van der Waals surface area contributed by atoms with Crippen LogP contribution in [0.15, 0.2) is 133 Å². The second-order valence-electron chi connectivity index (χ2n) is 15.2. The standard InChI is InChI=1S/C53H50N3O.Pt/c1-33-26-35(3)50(57)45(27-33)51-55-49-44(16-13-17-48(49)56(51)47-23-20-38(28-34(47)2)36-14-11-10-12-15-36)40-29-41(31-43(30-40)53(7,8)9)46-32-39(24-25-54-46)37-18-21-42(22-19-37)52(4,5)6;/h10-28,30-32,57H,1-9H3;/q-1;/i2D3,4D3,5D3,6D3,18D,19D,21D,22D,24D,25D,32D;. The predicted octanol–water partition coefficient (Wildman–Crippen LogP) is 13.8. The zero-order chi connectivity index (χ0) is 56.3. The Balaban J connectivity index is 0.00000861. The van der Waals surface area contributed by atoms with Gasteiger partial charge in [0.1, 0.15) is 11.6 Å². The molecule has 0 unspecified atom stereocenters. The molecule has 294 valence electrons. The number of hydrogen-bond acceptors (Lipinski definition) is 3. The number of aryl methyl sites for hydroxylation is 3. The number of pyridine rings is 1. The van der Waals surface area contributed by atoms with Crippen molar-refractivity contribution < 1.29 is 52.2 Å². The molecule has 6 aromatic carbocycles. The molecule has 58 heavy (non-hydrogen) atoms. The number of aromatic hydroxyl groups is 1. The van der Waals surface area contributed by atoms with Crippen molar-refractivity contribution >= 4 is 11.0 Å². The molecule has 0 aliphatic rings. The molecule has 1 N–H and O–H groups in total. The van der Waals surface area contributed by atoms with E-state index in [-0.39, 0.29) is 55.1 Å². The second-order valence-corrected chi connectivity index (χ2v) is 15.2. The van der Waals surface area contributed by atoms with Gasteiger partial charge in [0.05, 0.1) is 31.9 Å². The van der Waals surface area contributed by atoms with E-state index in [4.69, 9.17) is 29.7 Å². The molecule has 2 heterocycles. The fraction of sp³-hybridized carbons (Fsp3) is 0.208. The number of rotatable bonds is 6. The van der Waals surface area contributed by atoms with Crippen LogP contribution in [0.2, 0.25) is 0 Å². The molecule has 2 aromatic heterocycles. The van der Waals surface area contributed by atoms with Gasteiger partial charge in [-0.25, -0.2) is 4.98 Å². The molecule has 0 saturated heterocycles. The molecule has 0 atom stereocenters. The fourth-order valence-corrected chi connectivity index (χ4v) is 6.88. The topological polar surface area (TPSA) is 50.9 Å². The molecule has 0 fully saturated rings. The molecule has 0 bridgehead atoms. The Morgan fingerprint density at radius 1 is 0.690 bits per heavy atom. The van der Waals surface area contributed by atoms with Gasteiger partial charge in [0, 0.05) is 49.4 Å². The van der Waals surface area contributed by atoms with Crippen molar-refractivity contribution in [3.63, 3.8) is 0 Å². The number of aromatic nitrogens is 3. The minimum absolute atomic E-state index is 0. The first kappa shape index (κ1) is 23.1. The van der Waals surface area contributed by atoms with Gasteiger partial charge in [0.25, 0.3) is 0 Å². The van der Waals surface area contributed by atoms with Gasteiger partial charge in [-0.3, -0.25) is 9.55 Å². The average molecular weight is 959 g/mol. The van der Waals surface area contributed by atoms with Crippen LogP contribution in [-0.4, -0.2) is 19.6 Å². The maximum atomic E-state index is 11.7. The number of phenolic OH excluding ortho intramolecular Hbond substituents is 1. The van der Waals surface area contributed by atoms with Crippen LogP contribution < -0.4 is 0 Å². The van der Waals surface area contributed by atoms with E-state index in [0.717, 1.165) is 11.1 Å². The van der Waals surface area contributed by atoms with E-state index in [0.29, 0.717) is 44.4 Å². The summed E-state index contributed by atoms with van der Waals surface area (Å²) >= 11 is 0. The summed E-state index contributed by atoms with van der Waals surface area (Å²) in [5, 5.41) is 11.7. The zero-order valence-corrected chi connectivity index (χ0v) is 34.5. The average Bonchev–Trinajstić information content (AvgIpc) is 3.78. The summed E-state index contributed by atoms with van der Waals surface area (Å²) in [4.78, 5) is 9.50. The number of imidazole rings is 1. The molecule has 0 spiro atoms. The van der Waals surface area contributed by atoms with Crippen LogP contribution >= 0.6 is 0 Å². The fourth-order valence-electron chi connectivity index (χ4n) is 6.88. The van der Waals surface area contributed by atoms with Crippen LogP contribution in [0, 0.1) is 26.8 Å². The van der Waals surface area contributed by atoms with E-state index in [1.165, 1.54) is 0 Å². The van der Waals surface area contributed by atoms with Crippen LogP contribution in [0.25, 0.3) is 72.7 Å². The first-order valence-corrected chi connectivity index (χ1v) is 18.2. The van der Waals surface area contributed by atoms with Gasteiger partial charge in [0.2, 0.25) is 0 Å². The van der Waals surface area contributed by atoms with E-state index in [9.17, 15) is 6.48 Å². The molecule has 8 rings (SSSR count). The number of phenols is 1. The van der Waals surface area contributed by atoms with Crippen LogP contribution in [0.4, 0.5) is 0 Å². The van der Waals surface area contributed by atoms with Crippen molar-refractivity contribution in [1.82, 2.24) is 14.5 Å². The van der Waals surface area contributed by atoms with E-state index in [1.54, 1.807) is 60.0 Å². The van der Waals surface area contributed by atoms with Gasteiger partial charge >= 0.3 is 0 Å². The largest absolute Gasteiger partial charge is 0.507 e. The van der Waals surface area contributed by atoms with Crippen molar-refractivity contribution in [1.29, 1.82) is 0 Å². The van der Waals surface area contributed by atoms with E-state index in [1.807, 2.05) is 70.2 Å². The van der Waals surface area contributed by atoms with Gasteiger partial charge in [-0.1, -0.05) is 137 Å². The second kappa shape index (κ2) is 15.6. The van der Waals surface area contributed by atoms with Gasteiger partial charge in [0.15, 0.2) is 0 Å². The van der Waals surface area contributed by atoms with E-state index < -0.39 is 97.4 Å². The Morgan fingerprint density at radius 3 is 2.17 bits per heavy atom. The minimum Gasteiger partial charge on any atom is -0.507 e. The van der Waals surface area contributed by atoms with Crippen LogP contribution in [0.1, 0.15) is 95.2 Å². The SMILES string of the molecule is [2H]c1nc(-c2[c-]c(-c3cccc4c3nc(-c3cc(C)cc(C)c3O)n4-c3ccc(-c4ccccc4)cc3C([2H])([2H])[2H])cc(C(C)(C)C)c2)c([2H])c(-c2c([2H])c([2H])c(C(C([2H])([2H])[2H])(C([2H])([2H])[2H])C([2H])([2H])[2H])c([2H])c2[2H])c1[2H].[Pt]. The summed E-state index contributed by atoms with van der Waals surface area (Å²) in [7, 11) is 0. The smallest absolute Gasteiger partial charge is 0.148 e. The van der Waals surface area contributed by atoms with Gasteiger partial charge in [-0.05, 0) is 106 Å². The van der Waals surface area contributed by atoms with Crippen molar-refractivity contribution in [2.75, 3.05) is 0 Å². The number of para-hydroxylation sites is 1. The summed E-state index contributed by atoms with van der Waals surface area (Å²) in [5.74, 6) is 0.126. The minimum atomic E-state index is -3.94. The van der Waals surface area contributed by atoms with Crippen LogP contribution in [0.5, 0.6) is 5.75 Å². The Bertz CT molecular complexity index is 3580. The first-order valence-electron chi connectivity index (χ1n) is 27.7. The van der Waals surface area contributed by atoms with Crippen molar-refractivity contribution in [2.45, 2.75) is 72.9 Å². The molecule has 0 aliphatic carbocycles. The van der Waals surface area contributed by atoms with Gasteiger partial charge in [-0.2, -0.15) is 0 Å². The Hall–Kier alpha value is -5.57. The number of benzene rings is 6. The number of hydrogen-bond donors (Lipinski definition) is 1. The zero-order valence-electron chi connectivity index (χ0n) is 51.3. The monoisotopic (exact) mass is 958 g/mol. The molecule has 0 saturated carbocycles. The predicted molar refractivity (Wildman–Crippen MR) is 238 cm³/mol. The van der Waals surface area contributed by atoms with Gasteiger partial charge < -0.3 is 5.11 Å². The number of nitrogens with zero attached hydrogens (tertiary/aromatic N) is 3. The third-order valence-corrected chi connectivity index (χ3v) is 9.84. The molecular formula is C53H50N3OPt-. The molecule has 5 heteroatoms. The van der Waals surface area contributed by atoms with Crippen LogP contribution in [-0.2, 0) is 31.9 Å². The Morgan fingerprint density at radius 2 is 1.45 bits per heavy atom. The maximum absolute atomic E-state index is 11.7. The van der Waals surface area contributed by atoms with Gasteiger partial charge in [-0.15, -0.1) is 29.3 Å². The molecular weight excluding hydrogens is 890 g/mol. The molecule has 8 aromatic rings. The third-order valence-electron chi connectivity index (χ3n) is 9.84. The third kappa shape index (κ3) is 7.83. The molecule has 0 radical (unpaired) electrons. The first-order chi connectivity index (χ1) is 35.0. The maximum Gasteiger partial charge on any atom is 0.148 e. The van der Waals surface area contributed by atoms with E-state index in [2.05, 4.69) is 11.1 Å². The quantitative estimate of drug-likeness (QED) is 0.169. The van der Waals surface area contributed by atoms with E-state index >= 15 is 0 Å². The summed E-state index contributed by atoms with van der Waals surface area (Å²) in [5.41, 5.74) is -2.16. The van der Waals surface area contributed by atoms with Crippen molar-refractivity contribution in [2.24, 2.45) is 0 Å². The molecule has 4 nitrogen and oxygen atoms in total. The summed E-state index contributed by atoms with van der Waals surface area (Å²) in [6.07, 6.45) is -0.790. The van der Waals surface area contributed by atoms with Crippen LogP contribution in [0.3, 0.4) is 0 Å². The summed E-state index contributed by atoms with van der Waals surface area (Å²) in [6, 6.07) is 23.5. The summed E-state index contributed by atoms with van der Waals surface area (Å²) < 4.78 is 166. The van der Waals surface area contributed by atoms with Crippen molar-refractivity contribution in [3.05, 3.63) is 167 Å². The number of fused-ring (bicyclic) bond motifs is 1. The normalized spacial score (nSPS) is 17.4. The molecule has 0 amide bonds. The summed E-state index contributed by atoms with van der Waals surface area (Å²) in [6.45, 7) is -5.14. The van der Waals surface area contributed by atoms with Crippen molar-refractivity contribution in [3.8, 4) is 67.5 Å². The Labute approximate surface area is 384 Å². The Kier molecular flexibility index (Phi) is 6.24.